The van der Waals surface area contributed by atoms with E-state index < -0.39 is 18.2 Å². The number of nitrogens with one attached hydrogen (secondary N) is 1. The van der Waals surface area contributed by atoms with E-state index in [0.29, 0.717) is 17.3 Å². The van der Waals surface area contributed by atoms with E-state index in [1.165, 1.54) is 10.4 Å². The van der Waals surface area contributed by atoms with Crippen LogP contribution in [0.5, 0.6) is 5.75 Å². The molecule has 0 fully saturated rings. The van der Waals surface area contributed by atoms with Crippen molar-refractivity contribution in [2.45, 2.75) is 57.6 Å². The largest absolute Gasteiger partial charge is 0.486 e. The van der Waals surface area contributed by atoms with Crippen LogP contribution in [0.4, 0.5) is 0 Å². The van der Waals surface area contributed by atoms with Crippen molar-refractivity contribution in [3.05, 3.63) is 115 Å². The van der Waals surface area contributed by atoms with Gasteiger partial charge in [-0.05, 0) is 76.3 Å². The number of hydrogen-bond donors (Lipinski definition) is 1. The fraction of sp³-hybridized carbons (Fsp3) is 0.256. The summed E-state index contributed by atoms with van der Waals surface area (Å²) in [6.07, 6.45) is 1.57. The molecule has 0 saturated carbocycles. The molecule has 8 heteroatoms. The Morgan fingerprint density at radius 1 is 0.872 bits per heavy atom. The van der Waals surface area contributed by atoms with Crippen molar-refractivity contribution in [3.63, 3.8) is 0 Å². The minimum atomic E-state index is -3.37. The van der Waals surface area contributed by atoms with Gasteiger partial charge in [0, 0.05) is 17.0 Å². The second-order valence-corrected chi connectivity index (χ2v) is 19.8. The first-order valence-corrected chi connectivity index (χ1v) is 19.7. The highest BCUT2D eigenvalue weighted by atomic mass is 32.2. The first kappa shape index (κ1) is 32.7. The highest BCUT2D eigenvalue weighted by molar-refractivity contribution is 7.91. The lowest BCUT2D eigenvalue weighted by molar-refractivity contribution is 0.138. The Kier molecular flexibility index (Phi) is 8.87. The Balaban J connectivity index is 1.40. The van der Waals surface area contributed by atoms with E-state index in [9.17, 15) is 8.42 Å². The summed E-state index contributed by atoms with van der Waals surface area (Å²) < 4.78 is 39.4. The van der Waals surface area contributed by atoms with Gasteiger partial charge in [-0.2, -0.15) is 0 Å². The number of sulfone groups is 1. The molecule has 47 heavy (non-hydrogen) atoms. The second kappa shape index (κ2) is 12.8. The van der Waals surface area contributed by atoms with Gasteiger partial charge in [0.25, 0.3) is 8.32 Å². The lowest BCUT2D eigenvalue weighted by Crippen LogP contribution is -2.67. The van der Waals surface area contributed by atoms with Gasteiger partial charge in [-0.3, -0.25) is 0 Å². The third kappa shape index (κ3) is 6.13. The van der Waals surface area contributed by atoms with Crippen LogP contribution >= 0.6 is 0 Å². The molecule has 0 saturated heterocycles. The van der Waals surface area contributed by atoms with Crippen molar-refractivity contribution in [2.24, 2.45) is 0 Å². The van der Waals surface area contributed by atoms with E-state index in [1.54, 1.807) is 25.1 Å². The Labute approximate surface area is 278 Å². The summed E-state index contributed by atoms with van der Waals surface area (Å²) in [4.78, 5) is 8.50. The molecular formula is C39H42N2O4SSi. The Bertz CT molecular complexity index is 2100. The van der Waals surface area contributed by atoms with Gasteiger partial charge in [0.15, 0.2) is 9.84 Å². The van der Waals surface area contributed by atoms with Gasteiger partial charge in [0.05, 0.1) is 22.8 Å². The maximum atomic E-state index is 12.8. The highest BCUT2D eigenvalue weighted by Gasteiger charge is 2.50. The first-order valence-electron chi connectivity index (χ1n) is 16.1. The standard InChI is InChI=1S/C39H42N2O4SSi/c1-7-46(42,43)30-16-14-15-29(24-30)33-21-22-35(37-36(33)34-23-27(2)25-40-38(34)41-37)45-28(3)26-44-47(39(4,5)6,31-17-10-8-11-18-31)32-19-12-9-13-20-32/h8-25,28H,7,26H2,1-6H3,(H,40,41). The molecule has 0 amide bonds. The number of aromatic nitrogens is 2. The van der Waals surface area contributed by atoms with Gasteiger partial charge >= 0.3 is 0 Å². The number of ether oxygens (including phenoxy) is 1. The van der Waals surface area contributed by atoms with Gasteiger partial charge in [-0.15, -0.1) is 0 Å². The van der Waals surface area contributed by atoms with E-state index in [1.807, 2.05) is 50.4 Å². The van der Waals surface area contributed by atoms with Gasteiger partial charge in [0.1, 0.15) is 17.5 Å². The second-order valence-electron chi connectivity index (χ2n) is 13.2. The molecule has 0 radical (unpaired) electrons. The molecule has 4 aromatic carbocycles. The summed E-state index contributed by atoms with van der Waals surface area (Å²) in [5, 5.41) is 4.20. The van der Waals surface area contributed by atoms with Crippen LogP contribution in [0.15, 0.2) is 114 Å². The van der Waals surface area contributed by atoms with Crippen molar-refractivity contribution in [3.8, 4) is 16.9 Å². The monoisotopic (exact) mass is 662 g/mol. The van der Waals surface area contributed by atoms with Crippen molar-refractivity contribution in [1.82, 2.24) is 9.97 Å². The molecule has 2 heterocycles. The Morgan fingerprint density at radius 3 is 2.15 bits per heavy atom. The molecule has 2 aromatic heterocycles. The Hall–Kier alpha value is -4.24. The number of pyridine rings is 1. The van der Waals surface area contributed by atoms with Gasteiger partial charge in [0.2, 0.25) is 0 Å². The summed E-state index contributed by atoms with van der Waals surface area (Å²) in [5.74, 6) is 0.734. The average molecular weight is 663 g/mol. The van der Waals surface area contributed by atoms with Gasteiger partial charge in [-0.25, -0.2) is 13.4 Å². The molecule has 242 valence electrons. The molecule has 0 aliphatic rings. The molecule has 0 aliphatic carbocycles. The normalized spacial score (nSPS) is 13.2. The summed E-state index contributed by atoms with van der Waals surface area (Å²) in [6, 6.07) is 34.5. The molecule has 1 unspecified atom stereocenters. The third-order valence-electron chi connectivity index (χ3n) is 8.87. The number of nitrogens with zero attached hydrogens (tertiary/aromatic N) is 1. The molecular weight excluding hydrogens is 621 g/mol. The van der Waals surface area contributed by atoms with Crippen LogP contribution in [-0.2, 0) is 14.3 Å². The number of aromatic amines is 1. The number of H-pyrrole nitrogens is 1. The number of rotatable bonds is 10. The van der Waals surface area contributed by atoms with Crippen LogP contribution in [0.1, 0.15) is 40.2 Å². The molecule has 1 N–H and O–H groups in total. The predicted octanol–water partition coefficient (Wildman–Crippen LogP) is 7.83. The SMILES string of the molecule is CCS(=O)(=O)c1cccc(-c2ccc(OC(C)CO[Si](c3ccccc3)(c3ccccc3)C(C)(C)C)c3[nH]c4ncc(C)cc4c23)c1. The van der Waals surface area contributed by atoms with E-state index in [-0.39, 0.29) is 16.9 Å². The summed E-state index contributed by atoms with van der Waals surface area (Å²) in [6.45, 7) is 12.9. The number of benzene rings is 4. The smallest absolute Gasteiger partial charge is 0.261 e. The predicted molar refractivity (Wildman–Crippen MR) is 195 cm³/mol. The zero-order valence-corrected chi connectivity index (χ0v) is 29.7. The molecule has 6 rings (SSSR count). The topological polar surface area (TPSA) is 81.3 Å². The van der Waals surface area contributed by atoms with E-state index >= 15 is 0 Å². The average Bonchev–Trinajstić information content (AvgIpc) is 3.45. The zero-order chi connectivity index (χ0) is 33.4. The van der Waals surface area contributed by atoms with Gasteiger partial charge in [-0.1, -0.05) is 100 Å². The van der Waals surface area contributed by atoms with Crippen LogP contribution in [0.3, 0.4) is 0 Å². The van der Waals surface area contributed by atoms with Crippen LogP contribution < -0.4 is 15.1 Å². The number of aryl methyl sites for hydroxylation is 1. The number of hydrogen-bond acceptors (Lipinski definition) is 5. The van der Waals surface area contributed by atoms with Gasteiger partial charge < -0.3 is 14.1 Å². The zero-order valence-electron chi connectivity index (χ0n) is 27.9. The van der Waals surface area contributed by atoms with E-state index in [4.69, 9.17) is 9.16 Å². The van der Waals surface area contributed by atoms with Crippen molar-refractivity contribution in [1.29, 1.82) is 0 Å². The Morgan fingerprint density at radius 2 is 1.53 bits per heavy atom. The summed E-state index contributed by atoms with van der Waals surface area (Å²) in [7, 11) is -6.11. The molecule has 1 atom stereocenters. The van der Waals surface area contributed by atoms with Crippen molar-refractivity contribution < 1.29 is 17.6 Å². The minimum absolute atomic E-state index is 0.0443. The number of fused-ring (bicyclic) bond motifs is 3. The molecule has 6 aromatic rings. The molecule has 0 aliphatic heterocycles. The van der Waals surface area contributed by atoms with E-state index in [2.05, 4.69) is 85.3 Å². The maximum absolute atomic E-state index is 12.8. The van der Waals surface area contributed by atoms with Crippen LogP contribution in [0, 0.1) is 6.92 Å². The molecule has 6 nitrogen and oxygen atoms in total. The van der Waals surface area contributed by atoms with Crippen LogP contribution in [0.25, 0.3) is 33.1 Å². The minimum Gasteiger partial charge on any atom is -0.486 e. The van der Waals surface area contributed by atoms with Crippen LogP contribution in [0.2, 0.25) is 5.04 Å². The summed E-state index contributed by atoms with van der Waals surface area (Å²) in [5.41, 5.74) is 4.33. The molecule has 0 bridgehead atoms. The molecule has 0 spiro atoms. The maximum Gasteiger partial charge on any atom is 0.261 e. The highest BCUT2D eigenvalue weighted by Crippen LogP contribution is 2.41. The van der Waals surface area contributed by atoms with Crippen molar-refractivity contribution >= 4 is 50.5 Å². The lowest BCUT2D eigenvalue weighted by Gasteiger charge is -2.43. The quantitative estimate of drug-likeness (QED) is 0.151. The lowest BCUT2D eigenvalue weighted by atomic mass is 9.99. The fourth-order valence-corrected chi connectivity index (χ4v) is 12.1. The summed E-state index contributed by atoms with van der Waals surface area (Å²) >= 11 is 0. The fourth-order valence-electron chi connectivity index (χ4n) is 6.58. The third-order valence-corrected chi connectivity index (χ3v) is 15.6. The van der Waals surface area contributed by atoms with Crippen molar-refractivity contribution in [2.75, 3.05) is 12.4 Å². The van der Waals surface area contributed by atoms with Crippen LogP contribution in [-0.4, -0.2) is 45.2 Å². The van der Waals surface area contributed by atoms with E-state index in [0.717, 1.165) is 38.6 Å². The first-order chi connectivity index (χ1) is 22.4.